The third kappa shape index (κ3) is 2.44. The third-order valence-electron chi connectivity index (χ3n) is 4.94. The van der Waals surface area contributed by atoms with E-state index in [4.69, 9.17) is 0 Å². The van der Waals surface area contributed by atoms with Gasteiger partial charge in [-0.1, -0.05) is 48.0 Å². The minimum absolute atomic E-state index is 0. The van der Waals surface area contributed by atoms with Gasteiger partial charge >= 0.3 is 0 Å². The lowest BCUT2D eigenvalue weighted by molar-refractivity contribution is -0.122. The average molecular weight is 329 g/mol. The van der Waals surface area contributed by atoms with Gasteiger partial charge in [-0.05, 0) is 37.1 Å². The zero-order valence-corrected chi connectivity index (χ0v) is 14.0. The molecule has 0 bridgehead atoms. The standard InChI is InChI=1S/C19H20N2O.ClH/c1-14-5-4-6-15(11-14)12-21-17-8-3-2-7-16(17)19(18(21)22)9-10-20-13-19;/h2-8,11,20H,9-10,12-13H2,1H3;1H. The fourth-order valence-corrected chi connectivity index (χ4v) is 3.85. The predicted molar refractivity (Wildman–Crippen MR) is 95.2 cm³/mol. The van der Waals surface area contributed by atoms with E-state index < -0.39 is 0 Å². The number of carbonyl (C=O) groups is 1. The van der Waals surface area contributed by atoms with Crippen LogP contribution in [-0.4, -0.2) is 19.0 Å². The molecule has 2 aliphatic rings. The number of hydrogen-bond acceptors (Lipinski definition) is 2. The molecule has 23 heavy (non-hydrogen) atoms. The Labute approximate surface area is 143 Å². The van der Waals surface area contributed by atoms with E-state index in [9.17, 15) is 4.79 Å². The van der Waals surface area contributed by atoms with Crippen LogP contribution < -0.4 is 10.2 Å². The number of rotatable bonds is 2. The summed E-state index contributed by atoms with van der Waals surface area (Å²) in [4.78, 5) is 15.1. The van der Waals surface area contributed by atoms with Crippen LogP contribution in [0.1, 0.15) is 23.1 Å². The maximum Gasteiger partial charge on any atom is 0.239 e. The van der Waals surface area contributed by atoms with Crippen LogP contribution in [0.4, 0.5) is 5.69 Å². The summed E-state index contributed by atoms with van der Waals surface area (Å²) in [7, 11) is 0. The van der Waals surface area contributed by atoms with Crippen molar-refractivity contribution >= 4 is 24.0 Å². The Bertz CT molecular complexity index is 738. The van der Waals surface area contributed by atoms with Crippen molar-refractivity contribution in [3.63, 3.8) is 0 Å². The molecule has 1 amide bonds. The van der Waals surface area contributed by atoms with Gasteiger partial charge in [-0.2, -0.15) is 0 Å². The average Bonchev–Trinajstić information content (AvgIpc) is 3.10. The van der Waals surface area contributed by atoms with Gasteiger partial charge < -0.3 is 10.2 Å². The van der Waals surface area contributed by atoms with E-state index >= 15 is 0 Å². The number of aryl methyl sites for hydroxylation is 1. The summed E-state index contributed by atoms with van der Waals surface area (Å²) in [6.07, 6.45) is 0.896. The van der Waals surface area contributed by atoms with E-state index in [1.807, 2.05) is 17.0 Å². The molecule has 1 unspecified atom stereocenters. The molecule has 0 saturated carbocycles. The Balaban J connectivity index is 0.00000156. The Hall–Kier alpha value is -1.84. The number of fused-ring (bicyclic) bond motifs is 2. The van der Waals surface area contributed by atoms with Crippen LogP contribution in [0, 0.1) is 6.92 Å². The van der Waals surface area contributed by atoms with E-state index in [2.05, 4.69) is 48.6 Å². The molecule has 4 heteroatoms. The van der Waals surface area contributed by atoms with Gasteiger partial charge in [-0.15, -0.1) is 12.4 Å². The van der Waals surface area contributed by atoms with Crippen LogP contribution in [0.25, 0.3) is 0 Å². The molecule has 1 atom stereocenters. The Morgan fingerprint density at radius 2 is 2.00 bits per heavy atom. The number of para-hydroxylation sites is 1. The molecule has 120 valence electrons. The number of nitrogens with one attached hydrogen (secondary N) is 1. The van der Waals surface area contributed by atoms with Gasteiger partial charge in [0.1, 0.15) is 0 Å². The molecular formula is C19H21ClN2O. The highest BCUT2D eigenvalue weighted by molar-refractivity contribution is 6.08. The number of carbonyl (C=O) groups excluding carboxylic acids is 1. The summed E-state index contributed by atoms with van der Waals surface area (Å²) in [6, 6.07) is 16.7. The molecule has 3 nitrogen and oxygen atoms in total. The number of amides is 1. The predicted octanol–water partition coefficient (Wildman–Crippen LogP) is 3.19. The molecule has 2 aromatic rings. The van der Waals surface area contributed by atoms with Gasteiger partial charge in [0, 0.05) is 12.2 Å². The molecule has 0 aromatic heterocycles. The summed E-state index contributed by atoms with van der Waals surface area (Å²) < 4.78 is 0. The fourth-order valence-electron chi connectivity index (χ4n) is 3.85. The smallest absolute Gasteiger partial charge is 0.239 e. The lowest BCUT2D eigenvalue weighted by atomic mass is 9.81. The molecule has 0 radical (unpaired) electrons. The molecule has 1 spiro atoms. The molecule has 1 fully saturated rings. The highest BCUT2D eigenvalue weighted by Crippen LogP contribution is 2.45. The maximum atomic E-state index is 13.2. The molecular weight excluding hydrogens is 308 g/mol. The summed E-state index contributed by atoms with van der Waals surface area (Å²) >= 11 is 0. The maximum absolute atomic E-state index is 13.2. The SMILES string of the molecule is Cc1cccc(CN2C(=O)C3(CCNC3)c3ccccc32)c1.Cl. The third-order valence-corrected chi connectivity index (χ3v) is 4.94. The van der Waals surface area contributed by atoms with E-state index in [1.165, 1.54) is 16.7 Å². The highest BCUT2D eigenvalue weighted by atomic mass is 35.5. The molecule has 1 saturated heterocycles. The minimum atomic E-state index is -0.347. The number of anilines is 1. The van der Waals surface area contributed by atoms with E-state index in [1.54, 1.807) is 0 Å². The molecule has 2 aliphatic heterocycles. The number of halogens is 1. The summed E-state index contributed by atoms with van der Waals surface area (Å²) in [5, 5.41) is 3.37. The number of benzene rings is 2. The second kappa shape index (κ2) is 5.99. The largest absolute Gasteiger partial charge is 0.315 e. The molecule has 2 aromatic carbocycles. The Kier molecular flexibility index (Phi) is 4.17. The van der Waals surface area contributed by atoms with Gasteiger partial charge in [0.25, 0.3) is 0 Å². The van der Waals surface area contributed by atoms with Crippen LogP contribution >= 0.6 is 12.4 Å². The first kappa shape index (κ1) is 16.0. The van der Waals surface area contributed by atoms with Crippen molar-refractivity contribution < 1.29 is 4.79 Å². The summed E-state index contributed by atoms with van der Waals surface area (Å²) in [6.45, 7) is 4.41. The topological polar surface area (TPSA) is 32.3 Å². The van der Waals surface area contributed by atoms with Gasteiger partial charge in [0.05, 0.1) is 12.0 Å². The number of nitrogens with zero attached hydrogens (tertiary/aromatic N) is 1. The van der Waals surface area contributed by atoms with Gasteiger partial charge in [0.15, 0.2) is 0 Å². The van der Waals surface area contributed by atoms with Crippen molar-refractivity contribution in [2.45, 2.75) is 25.3 Å². The van der Waals surface area contributed by atoms with Gasteiger partial charge in [0.2, 0.25) is 5.91 Å². The van der Waals surface area contributed by atoms with Crippen molar-refractivity contribution in [3.8, 4) is 0 Å². The quantitative estimate of drug-likeness (QED) is 0.918. The van der Waals surface area contributed by atoms with Crippen molar-refractivity contribution in [2.24, 2.45) is 0 Å². The Morgan fingerprint density at radius 3 is 2.74 bits per heavy atom. The highest BCUT2D eigenvalue weighted by Gasteiger charge is 2.51. The molecule has 1 N–H and O–H groups in total. The van der Waals surface area contributed by atoms with Crippen molar-refractivity contribution in [1.29, 1.82) is 0 Å². The van der Waals surface area contributed by atoms with Crippen LogP contribution in [0.5, 0.6) is 0 Å². The normalized spacial score (nSPS) is 22.3. The summed E-state index contributed by atoms with van der Waals surface area (Å²) in [5.74, 6) is 0.250. The number of hydrogen-bond donors (Lipinski definition) is 1. The van der Waals surface area contributed by atoms with Crippen LogP contribution in [-0.2, 0) is 16.8 Å². The fraction of sp³-hybridized carbons (Fsp3) is 0.316. The molecule has 4 rings (SSSR count). The second-order valence-electron chi connectivity index (χ2n) is 6.41. The monoisotopic (exact) mass is 328 g/mol. The second-order valence-corrected chi connectivity index (χ2v) is 6.41. The zero-order valence-electron chi connectivity index (χ0n) is 13.2. The van der Waals surface area contributed by atoms with Crippen molar-refractivity contribution in [3.05, 3.63) is 65.2 Å². The van der Waals surface area contributed by atoms with Crippen molar-refractivity contribution in [1.82, 2.24) is 5.32 Å². The van der Waals surface area contributed by atoms with Crippen LogP contribution in [0.2, 0.25) is 0 Å². The first-order chi connectivity index (χ1) is 10.7. The van der Waals surface area contributed by atoms with Crippen LogP contribution in [0.3, 0.4) is 0 Å². The van der Waals surface area contributed by atoms with Gasteiger partial charge in [-0.3, -0.25) is 4.79 Å². The van der Waals surface area contributed by atoms with E-state index in [-0.39, 0.29) is 23.7 Å². The molecule has 0 aliphatic carbocycles. The van der Waals surface area contributed by atoms with Crippen molar-refractivity contribution in [2.75, 3.05) is 18.0 Å². The Morgan fingerprint density at radius 1 is 1.17 bits per heavy atom. The lowest BCUT2D eigenvalue weighted by Crippen LogP contribution is -2.41. The minimum Gasteiger partial charge on any atom is -0.315 e. The first-order valence-electron chi connectivity index (χ1n) is 7.88. The summed E-state index contributed by atoms with van der Waals surface area (Å²) in [5.41, 5.74) is 4.34. The lowest BCUT2D eigenvalue weighted by Gasteiger charge is -2.23. The van der Waals surface area contributed by atoms with Gasteiger partial charge in [-0.25, -0.2) is 0 Å². The van der Waals surface area contributed by atoms with E-state index in [0.717, 1.165) is 25.2 Å². The van der Waals surface area contributed by atoms with Crippen LogP contribution in [0.15, 0.2) is 48.5 Å². The zero-order chi connectivity index (χ0) is 15.2. The first-order valence-corrected chi connectivity index (χ1v) is 7.88. The molecule has 2 heterocycles. The van der Waals surface area contributed by atoms with E-state index in [0.29, 0.717) is 6.54 Å².